The molecule has 1 aliphatic rings. The molecule has 1 aromatic carbocycles. The Bertz CT molecular complexity index is 587. The third-order valence-corrected chi connectivity index (χ3v) is 3.55. The number of carbonyl (C=O) groups is 1. The summed E-state index contributed by atoms with van der Waals surface area (Å²) < 4.78 is 5.44. The van der Waals surface area contributed by atoms with Gasteiger partial charge in [-0.15, -0.1) is 0 Å². The summed E-state index contributed by atoms with van der Waals surface area (Å²) in [5.74, 6) is 0. The zero-order valence-corrected chi connectivity index (χ0v) is 13.7. The molecule has 23 heavy (non-hydrogen) atoms. The zero-order valence-electron chi connectivity index (χ0n) is 13.7. The van der Waals surface area contributed by atoms with Crippen molar-refractivity contribution < 1.29 is 14.6 Å². The highest BCUT2D eigenvalue weighted by atomic mass is 16.6. The Kier molecular flexibility index (Phi) is 5.12. The number of carbonyl (C=O) groups excluding carboxylic acids is 1. The van der Waals surface area contributed by atoms with Crippen LogP contribution in [0, 0.1) is 11.3 Å². The summed E-state index contributed by atoms with van der Waals surface area (Å²) in [5, 5.41) is 22.0. The molecule has 1 aliphatic heterocycles. The maximum atomic E-state index is 12.4. The third kappa shape index (κ3) is 4.86. The molecule has 2 unspecified atom stereocenters. The first-order chi connectivity index (χ1) is 10.8. The van der Waals surface area contributed by atoms with E-state index in [2.05, 4.69) is 11.4 Å². The molecule has 6 heteroatoms. The minimum absolute atomic E-state index is 0.346. The van der Waals surface area contributed by atoms with Crippen LogP contribution in [-0.4, -0.2) is 40.5 Å². The number of nitriles is 1. The quantitative estimate of drug-likeness (QED) is 0.876. The summed E-state index contributed by atoms with van der Waals surface area (Å²) in [6, 6.07) is 9.05. The second-order valence-corrected chi connectivity index (χ2v) is 6.70. The van der Waals surface area contributed by atoms with Gasteiger partial charge < -0.3 is 15.2 Å². The molecule has 0 radical (unpaired) electrons. The first-order valence-corrected chi connectivity index (χ1v) is 7.73. The van der Waals surface area contributed by atoms with Crippen LogP contribution in [0.4, 0.5) is 10.5 Å². The maximum Gasteiger partial charge on any atom is 0.411 e. The second kappa shape index (κ2) is 6.88. The molecule has 2 rings (SSSR count). The van der Waals surface area contributed by atoms with Crippen LogP contribution < -0.4 is 5.32 Å². The van der Waals surface area contributed by atoms with Gasteiger partial charge in [0, 0.05) is 18.7 Å². The fourth-order valence-electron chi connectivity index (χ4n) is 2.46. The van der Waals surface area contributed by atoms with E-state index < -0.39 is 17.8 Å². The summed E-state index contributed by atoms with van der Waals surface area (Å²) in [6.07, 6.45) is -0.231. The molecule has 2 atom stereocenters. The molecule has 0 aliphatic carbocycles. The van der Waals surface area contributed by atoms with Crippen LogP contribution in [0.1, 0.15) is 39.2 Å². The molecule has 124 valence electrons. The summed E-state index contributed by atoms with van der Waals surface area (Å²) in [5.41, 5.74) is 0.798. The van der Waals surface area contributed by atoms with Crippen molar-refractivity contribution in [1.29, 1.82) is 5.26 Å². The van der Waals surface area contributed by atoms with E-state index in [1.165, 1.54) is 0 Å². The minimum Gasteiger partial charge on any atom is -0.444 e. The average molecular weight is 317 g/mol. The number of aliphatic hydroxyl groups excluding tert-OH is 1. The number of nitrogens with zero attached hydrogens (tertiary/aromatic N) is 2. The standard InChI is InChI=1S/C17H23N3O3/c1-17(2,3)23-16(22)20-9-8-14(21)10-15(20)19-13-6-4-12(11-18)5-7-13/h4-7,14-15,19,21H,8-10H2,1-3H3. The molecule has 1 fully saturated rings. The number of rotatable bonds is 2. The average Bonchev–Trinajstić information content (AvgIpc) is 2.46. The number of amides is 1. The molecule has 1 heterocycles. The van der Waals surface area contributed by atoms with Gasteiger partial charge in [0.05, 0.1) is 17.7 Å². The number of hydrogen-bond donors (Lipinski definition) is 2. The lowest BCUT2D eigenvalue weighted by molar-refractivity contribution is -0.00310. The van der Waals surface area contributed by atoms with E-state index in [1.54, 1.807) is 29.2 Å². The number of anilines is 1. The van der Waals surface area contributed by atoms with Gasteiger partial charge in [0.2, 0.25) is 0 Å². The van der Waals surface area contributed by atoms with Crippen LogP contribution in [0.15, 0.2) is 24.3 Å². The lowest BCUT2D eigenvalue weighted by Crippen LogP contribution is -2.52. The Labute approximate surface area is 136 Å². The van der Waals surface area contributed by atoms with E-state index in [1.807, 2.05) is 20.8 Å². The molecule has 0 bridgehead atoms. The van der Waals surface area contributed by atoms with Crippen LogP contribution in [-0.2, 0) is 4.74 Å². The molecule has 6 nitrogen and oxygen atoms in total. The van der Waals surface area contributed by atoms with Crippen LogP contribution in [0.3, 0.4) is 0 Å². The van der Waals surface area contributed by atoms with E-state index in [-0.39, 0.29) is 6.17 Å². The Morgan fingerprint density at radius 2 is 2.04 bits per heavy atom. The van der Waals surface area contributed by atoms with Gasteiger partial charge in [-0.25, -0.2) is 4.79 Å². The monoisotopic (exact) mass is 317 g/mol. The summed E-state index contributed by atoms with van der Waals surface area (Å²) in [7, 11) is 0. The predicted molar refractivity (Wildman–Crippen MR) is 86.7 cm³/mol. The Morgan fingerprint density at radius 3 is 2.61 bits per heavy atom. The molecule has 0 saturated carbocycles. The van der Waals surface area contributed by atoms with E-state index in [0.717, 1.165) is 5.69 Å². The summed E-state index contributed by atoms with van der Waals surface area (Å²) in [4.78, 5) is 14.0. The zero-order chi connectivity index (χ0) is 17.0. The fourth-order valence-corrected chi connectivity index (χ4v) is 2.46. The Balaban J connectivity index is 2.10. The molecular weight excluding hydrogens is 294 g/mol. The number of benzene rings is 1. The number of ether oxygens (including phenoxy) is 1. The van der Waals surface area contributed by atoms with Gasteiger partial charge in [0.15, 0.2) is 0 Å². The number of piperidine rings is 1. The van der Waals surface area contributed by atoms with E-state index in [9.17, 15) is 9.90 Å². The van der Waals surface area contributed by atoms with Crippen molar-refractivity contribution in [2.45, 2.75) is 51.5 Å². The van der Waals surface area contributed by atoms with Gasteiger partial charge >= 0.3 is 6.09 Å². The highest BCUT2D eigenvalue weighted by Crippen LogP contribution is 2.23. The second-order valence-electron chi connectivity index (χ2n) is 6.70. The highest BCUT2D eigenvalue weighted by molar-refractivity contribution is 5.69. The first kappa shape index (κ1) is 17.1. The van der Waals surface area contributed by atoms with Crippen LogP contribution in [0.5, 0.6) is 0 Å². The smallest absolute Gasteiger partial charge is 0.411 e. The van der Waals surface area contributed by atoms with Crippen molar-refractivity contribution in [3.63, 3.8) is 0 Å². The van der Waals surface area contributed by atoms with Crippen molar-refractivity contribution in [1.82, 2.24) is 4.90 Å². The predicted octanol–water partition coefficient (Wildman–Crippen LogP) is 2.69. The van der Waals surface area contributed by atoms with Gasteiger partial charge in [0.1, 0.15) is 11.8 Å². The van der Waals surface area contributed by atoms with Crippen molar-refractivity contribution in [3.05, 3.63) is 29.8 Å². The van der Waals surface area contributed by atoms with Crippen LogP contribution in [0.25, 0.3) is 0 Å². The SMILES string of the molecule is CC(C)(C)OC(=O)N1CCC(O)CC1Nc1ccc(C#N)cc1. The minimum atomic E-state index is -0.563. The van der Waals surface area contributed by atoms with E-state index >= 15 is 0 Å². The lowest BCUT2D eigenvalue weighted by Gasteiger charge is -2.39. The third-order valence-electron chi connectivity index (χ3n) is 3.55. The molecule has 1 saturated heterocycles. The van der Waals surface area contributed by atoms with E-state index in [4.69, 9.17) is 10.00 Å². The summed E-state index contributed by atoms with van der Waals surface area (Å²) in [6.45, 7) is 5.91. The molecule has 1 aromatic rings. The number of hydrogen-bond acceptors (Lipinski definition) is 5. The van der Waals surface area contributed by atoms with E-state index in [0.29, 0.717) is 24.9 Å². The van der Waals surface area contributed by atoms with Gasteiger partial charge in [0.25, 0.3) is 0 Å². The molecule has 0 aromatic heterocycles. The van der Waals surface area contributed by atoms with Crippen LogP contribution >= 0.6 is 0 Å². The molecule has 0 spiro atoms. The number of nitrogens with one attached hydrogen (secondary N) is 1. The first-order valence-electron chi connectivity index (χ1n) is 7.73. The lowest BCUT2D eigenvalue weighted by atomic mass is 10.0. The van der Waals surface area contributed by atoms with Crippen molar-refractivity contribution >= 4 is 11.8 Å². The molecular formula is C17H23N3O3. The van der Waals surface area contributed by atoms with Crippen molar-refractivity contribution in [2.24, 2.45) is 0 Å². The fraction of sp³-hybridized carbons (Fsp3) is 0.529. The van der Waals surface area contributed by atoms with Crippen LogP contribution in [0.2, 0.25) is 0 Å². The maximum absolute atomic E-state index is 12.4. The normalized spacial score (nSPS) is 21.4. The van der Waals surface area contributed by atoms with Crippen molar-refractivity contribution in [2.75, 3.05) is 11.9 Å². The Hall–Kier alpha value is -2.26. The summed E-state index contributed by atoms with van der Waals surface area (Å²) >= 11 is 0. The topological polar surface area (TPSA) is 85.6 Å². The van der Waals surface area contributed by atoms with Crippen molar-refractivity contribution in [3.8, 4) is 6.07 Å². The van der Waals surface area contributed by atoms with Gasteiger partial charge in [-0.2, -0.15) is 5.26 Å². The van der Waals surface area contributed by atoms with Gasteiger partial charge in [-0.05, 0) is 51.5 Å². The van der Waals surface area contributed by atoms with Gasteiger partial charge in [-0.3, -0.25) is 4.90 Å². The molecule has 2 N–H and O–H groups in total. The highest BCUT2D eigenvalue weighted by Gasteiger charge is 2.33. The van der Waals surface area contributed by atoms with Gasteiger partial charge in [-0.1, -0.05) is 0 Å². The number of aliphatic hydroxyl groups is 1. The largest absolute Gasteiger partial charge is 0.444 e. The molecule has 1 amide bonds. The number of likely N-dealkylation sites (tertiary alicyclic amines) is 1. The Morgan fingerprint density at radius 1 is 1.39 bits per heavy atom.